The standard InChI is InChI=1S/C17H29N3O2/c1-13-15(14(2)22-18-13)12-19-7-6-8-20(10-9-19)16(21)11-17(3,4)5/h6-12H2,1-5H3. The van der Waals surface area contributed by atoms with Crippen molar-refractivity contribution in [2.45, 2.75) is 54.0 Å². The second-order valence-electron chi connectivity index (χ2n) is 7.55. The van der Waals surface area contributed by atoms with Crippen LogP contribution in [-0.4, -0.2) is 47.0 Å². The fourth-order valence-electron chi connectivity index (χ4n) is 2.90. The van der Waals surface area contributed by atoms with Gasteiger partial charge in [-0.25, -0.2) is 0 Å². The molecule has 5 heteroatoms. The molecule has 0 bridgehead atoms. The second-order valence-corrected chi connectivity index (χ2v) is 7.55. The Labute approximate surface area is 133 Å². The van der Waals surface area contributed by atoms with Crippen LogP contribution in [0.15, 0.2) is 4.52 Å². The van der Waals surface area contributed by atoms with Gasteiger partial charge in [0.25, 0.3) is 0 Å². The molecule has 0 N–H and O–H groups in total. The highest BCUT2D eigenvalue weighted by molar-refractivity contribution is 5.76. The minimum Gasteiger partial charge on any atom is -0.361 e. The predicted octanol–water partition coefficient (Wildman–Crippen LogP) is 2.76. The highest BCUT2D eigenvalue weighted by Gasteiger charge is 2.24. The zero-order valence-electron chi connectivity index (χ0n) is 14.6. The van der Waals surface area contributed by atoms with E-state index in [0.29, 0.717) is 6.42 Å². The molecule has 0 aromatic carbocycles. The van der Waals surface area contributed by atoms with Gasteiger partial charge in [0.05, 0.1) is 5.69 Å². The maximum Gasteiger partial charge on any atom is 0.223 e. The first kappa shape index (κ1) is 17.0. The first-order valence-corrected chi connectivity index (χ1v) is 8.18. The largest absolute Gasteiger partial charge is 0.361 e. The molecule has 0 atom stereocenters. The summed E-state index contributed by atoms with van der Waals surface area (Å²) < 4.78 is 5.24. The molecule has 1 saturated heterocycles. The number of hydrogen-bond acceptors (Lipinski definition) is 4. The number of amides is 1. The topological polar surface area (TPSA) is 49.6 Å². The smallest absolute Gasteiger partial charge is 0.223 e. The van der Waals surface area contributed by atoms with Gasteiger partial charge in [-0.05, 0) is 25.7 Å². The fraction of sp³-hybridized carbons (Fsp3) is 0.765. The number of rotatable bonds is 3. The van der Waals surface area contributed by atoms with Crippen LogP contribution in [0.25, 0.3) is 0 Å². The van der Waals surface area contributed by atoms with E-state index < -0.39 is 0 Å². The molecule has 0 saturated carbocycles. The zero-order chi connectivity index (χ0) is 16.3. The van der Waals surface area contributed by atoms with Gasteiger partial charge in [0.2, 0.25) is 5.91 Å². The fourth-order valence-corrected chi connectivity index (χ4v) is 2.90. The number of carbonyl (C=O) groups excluding carboxylic acids is 1. The Morgan fingerprint density at radius 1 is 1.18 bits per heavy atom. The molecule has 2 rings (SSSR count). The van der Waals surface area contributed by atoms with Crippen molar-refractivity contribution in [3.63, 3.8) is 0 Å². The van der Waals surface area contributed by atoms with Crippen LogP contribution >= 0.6 is 0 Å². The average Bonchev–Trinajstić information content (AvgIpc) is 2.64. The molecule has 2 heterocycles. The third-order valence-corrected chi connectivity index (χ3v) is 4.19. The summed E-state index contributed by atoms with van der Waals surface area (Å²) in [6.45, 7) is 14.8. The Balaban J connectivity index is 1.91. The summed E-state index contributed by atoms with van der Waals surface area (Å²) >= 11 is 0. The Morgan fingerprint density at radius 3 is 2.50 bits per heavy atom. The molecule has 0 spiro atoms. The quantitative estimate of drug-likeness (QED) is 0.861. The van der Waals surface area contributed by atoms with E-state index in [0.717, 1.165) is 50.6 Å². The van der Waals surface area contributed by atoms with Gasteiger partial charge in [0, 0.05) is 44.7 Å². The van der Waals surface area contributed by atoms with E-state index in [2.05, 4.69) is 30.8 Å². The lowest BCUT2D eigenvalue weighted by Gasteiger charge is -2.25. The van der Waals surface area contributed by atoms with E-state index in [9.17, 15) is 4.79 Å². The number of carbonyl (C=O) groups is 1. The summed E-state index contributed by atoms with van der Waals surface area (Å²) in [4.78, 5) is 16.8. The van der Waals surface area contributed by atoms with Crippen molar-refractivity contribution < 1.29 is 9.32 Å². The normalized spacial score (nSPS) is 17.6. The predicted molar refractivity (Wildman–Crippen MR) is 86.5 cm³/mol. The van der Waals surface area contributed by atoms with Crippen molar-refractivity contribution in [1.82, 2.24) is 15.0 Å². The number of aromatic nitrogens is 1. The minimum atomic E-state index is 0.0553. The number of hydrogen-bond donors (Lipinski definition) is 0. The van der Waals surface area contributed by atoms with Crippen LogP contribution in [0.4, 0.5) is 0 Å². The molecule has 1 aliphatic rings. The van der Waals surface area contributed by atoms with Crippen LogP contribution in [0.5, 0.6) is 0 Å². The van der Waals surface area contributed by atoms with E-state index in [1.807, 2.05) is 18.7 Å². The van der Waals surface area contributed by atoms with Crippen molar-refractivity contribution in [3.8, 4) is 0 Å². The van der Waals surface area contributed by atoms with Gasteiger partial charge < -0.3 is 9.42 Å². The lowest BCUT2D eigenvalue weighted by atomic mass is 9.91. The van der Waals surface area contributed by atoms with Gasteiger partial charge in [-0.3, -0.25) is 9.69 Å². The van der Waals surface area contributed by atoms with Gasteiger partial charge in [0.1, 0.15) is 5.76 Å². The van der Waals surface area contributed by atoms with Crippen molar-refractivity contribution in [2.75, 3.05) is 26.2 Å². The summed E-state index contributed by atoms with van der Waals surface area (Å²) in [7, 11) is 0. The van der Waals surface area contributed by atoms with Gasteiger partial charge in [-0.2, -0.15) is 0 Å². The van der Waals surface area contributed by atoms with Crippen molar-refractivity contribution in [3.05, 3.63) is 17.0 Å². The number of aryl methyl sites for hydroxylation is 2. The molecule has 0 aliphatic carbocycles. The van der Waals surface area contributed by atoms with Crippen LogP contribution in [0, 0.1) is 19.3 Å². The minimum absolute atomic E-state index is 0.0553. The van der Waals surface area contributed by atoms with Gasteiger partial charge in [-0.1, -0.05) is 25.9 Å². The highest BCUT2D eigenvalue weighted by atomic mass is 16.5. The second kappa shape index (κ2) is 6.82. The maximum atomic E-state index is 12.4. The lowest BCUT2D eigenvalue weighted by molar-refractivity contribution is -0.132. The van der Waals surface area contributed by atoms with Gasteiger partial charge in [0.15, 0.2) is 0 Å². The lowest BCUT2D eigenvalue weighted by Crippen LogP contribution is -2.36. The molecule has 0 radical (unpaired) electrons. The zero-order valence-corrected chi connectivity index (χ0v) is 14.6. The molecule has 5 nitrogen and oxygen atoms in total. The molecule has 0 unspecified atom stereocenters. The Hall–Kier alpha value is -1.36. The van der Waals surface area contributed by atoms with Crippen molar-refractivity contribution in [1.29, 1.82) is 0 Å². The molecule has 1 fully saturated rings. The molecule has 1 aliphatic heterocycles. The molecule has 22 heavy (non-hydrogen) atoms. The van der Waals surface area contributed by atoms with Crippen LogP contribution < -0.4 is 0 Å². The summed E-state index contributed by atoms with van der Waals surface area (Å²) in [6, 6.07) is 0. The maximum absolute atomic E-state index is 12.4. The highest BCUT2D eigenvalue weighted by Crippen LogP contribution is 2.21. The monoisotopic (exact) mass is 307 g/mol. The van der Waals surface area contributed by atoms with Crippen molar-refractivity contribution >= 4 is 5.91 Å². The summed E-state index contributed by atoms with van der Waals surface area (Å²) in [5, 5.41) is 4.02. The Bertz CT molecular complexity index is 497. The van der Waals surface area contributed by atoms with Crippen LogP contribution in [0.1, 0.15) is 50.6 Å². The first-order valence-electron chi connectivity index (χ1n) is 8.18. The van der Waals surface area contributed by atoms with E-state index in [1.165, 1.54) is 5.56 Å². The molecular formula is C17H29N3O2. The Kier molecular flexibility index (Phi) is 5.27. The van der Waals surface area contributed by atoms with Crippen LogP contribution in [0.2, 0.25) is 0 Å². The van der Waals surface area contributed by atoms with E-state index >= 15 is 0 Å². The van der Waals surface area contributed by atoms with Crippen LogP contribution in [0.3, 0.4) is 0 Å². The van der Waals surface area contributed by atoms with E-state index in [1.54, 1.807) is 0 Å². The summed E-state index contributed by atoms with van der Waals surface area (Å²) in [5.41, 5.74) is 2.22. The van der Waals surface area contributed by atoms with Crippen molar-refractivity contribution in [2.24, 2.45) is 5.41 Å². The average molecular weight is 307 g/mol. The molecular weight excluding hydrogens is 278 g/mol. The molecule has 1 amide bonds. The molecule has 1 aromatic rings. The SMILES string of the molecule is Cc1noc(C)c1CN1CCCN(C(=O)CC(C)(C)C)CC1. The Morgan fingerprint density at radius 2 is 1.91 bits per heavy atom. The van der Waals surface area contributed by atoms with Gasteiger partial charge >= 0.3 is 0 Å². The third-order valence-electron chi connectivity index (χ3n) is 4.19. The molecule has 1 aromatic heterocycles. The van der Waals surface area contributed by atoms with Gasteiger partial charge in [-0.15, -0.1) is 0 Å². The summed E-state index contributed by atoms with van der Waals surface area (Å²) in [6.07, 6.45) is 1.65. The number of nitrogens with zero attached hydrogens (tertiary/aromatic N) is 3. The molecule has 124 valence electrons. The van der Waals surface area contributed by atoms with Crippen LogP contribution in [-0.2, 0) is 11.3 Å². The van der Waals surface area contributed by atoms with E-state index in [-0.39, 0.29) is 11.3 Å². The van der Waals surface area contributed by atoms with E-state index in [4.69, 9.17) is 4.52 Å². The third kappa shape index (κ3) is 4.57. The first-order chi connectivity index (χ1) is 10.3. The summed E-state index contributed by atoms with van der Waals surface area (Å²) in [5.74, 6) is 1.19.